The van der Waals surface area contributed by atoms with Gasteiger partial charge in [0.25, 0.3) is 0 Å². The highest BCUT2D eigenvalue weighted by molar-refractivity contribution is 7.74. The summed E-state index contributed by atoms with van der Waals surface area (Å²) in [7, 11) is 0. The Morgan fingerprint density at radius 2 is 0.500 bits per heavy atom. The van der Waals surface area contributed by atoms with Crippen LogP contribution in [0.2, 0.25) is 20.2 Å². The molecule has 0 amide bonds. The fourth-order valence-corrected chi connectivity index (χ4v) is 35.6. The van der Waals surface area contributed by atoms with Crippen molar-refractivity contribution in [1.82, 2.24) is 0 Å². The largest absolute Gasteiger partial charge is 0.176 e. The van der Waals surface area contributed by atoms with Crippen molar-refractivity contribution in [2.45, 2.75) is 103 Å². The van der Waals surface area contributed by atoms with Gasteiger partial charge in [0, 0.05) is 0 Å². The molecule has 0 saturated carbocycles. The van der Waals surface area contributed by atoms with Crippen LogP contribution in [-0.2, 0) is 0 Å². The van der Waals surface area contributed by atoms with E-state index < -0.39 is 13.8 Å². The van der Waals surface area contributed by atoms with Crippen LogP contribution < -0.4 is 0 Å². The van der Waals surface area contributed by atoms with E-state index in [0.717, 1.165) is 0 Å². The summed E-state index contributed by atoms with van der Waals surface area (Å²) < 4.78 is 0. The molecule has 122 valence electrons. The average molecular weight is 356 g/mol. The molecule has 0 heterocycles. The smallest absolute Gasteiger partial charge is 0.168 e. The molecule has 0 aliphatic rings. The quantitative estimate of drug-likeness (QED) is 0.335. The van der Waals surface area contributed by atoms with E-state index in [2.05, 4.69) is 83.1 Å². The molecule has 20 heavy (non-hydrogen) atoms. The van der Waals surface area contributed by atoms with Crippen molar-refractivity contribution in [3.63, 3.8) is 0 Å². The first-order valence-electron chi connectivity index (χ1n) is 7.63. The first kappa shape index (κ1) is 21.0. The van der Waals surface area contributed by atoms with Gasteiger partial charge in [0.1, 0.15) is 0 Å². The van der Waals surface area contributed by atoms with Crippen molar-refractivity contribution < 1.29 is 0 Å². The van der Waals surface area contributed by atoms with Gasteiger partial charge in [-0.05, 0) is 20.2 Å². The molecule has 0 aromatic heterocycles. The van der Waals surface area contributed by atoms with Crippen LogP contribution in [0.5, 0.6) is 0 Å². The predicted octanol–water partition coefficient (Wildman–Crippen LogP) is 7.63. The maximum atomic E-state index is 7.64. The van der Waals surface area contributed by atoms with Gasteiger partial charge in [-0.2, -0.15) is 22.2 Å². The van der Waals surface area contributed by atoms with Gasteiger partial charge >= 0.3 is 0 Å². The van der Waals surface area contributed by atoms with E-state index in [1.807, 2.05) is 0 Å². The lowest BCUT2D eigenvalue weighted by atomic mass is 10.2. The zero-order chi connectivity index (χ0) is 17.0. The third-order valence-corrected chi connectivity index (χ3v) is 38.5. The van der Waals surface area contributed by atoms with E-state index in [1.165, 1.54) is 0 Å². The molecule has 0 aliphatic carbocycles. The van der Waals surface area contributed by atoms with E-state index in [4.69, 9.17) is 22.2 Å². The summed E-state index contributed by atoms with van der Waals surface area (Å²) in [5.41, 5.74) is 0. The van der Waals surface area contributed by atoms with Crippen molar-refractivity contribution >= 4 is 36.0 Å². The first-order chi connectivity index (χ1) is 8.25. The highest BCUT2D eigenvalue weighted by Crippen LogP contribution is 2.69. The molecule has 0 N–H and O–H groups in total. The fraction of sp³-hybridized carbons (Fsp3) is 1.00. The number of halogens is 2. The van der Waals surface area contributed by atoms with Crippen molar-refractivity contribution in [2.75, 3.05) is 0 Å². The fourth-order valence-electron chi connectivity index (χ4n) is 4.32. The molecule has 4 heteroatoms. The van der Waals surface area contributed by atoms with Crippen LogP contribution in [0.3, 0.4) is 0 Å². The second-order valence-corrected chi connectivity index (χ2v) is 28.8. The number of hydrogen-bond acceptors (Lipinski definition) is 0. The minimum absolute atomic E-state index is 0.0708. The molecular weight excluding hydrogens is 319 g/mol. The predicted molar refractivity (Wildman–Crippen MR) is 102 cm³/mol. The zero-order valence-electron chi connectivity index (χ0n) is 15.8. The minimum Gasteiger partial charge on any atom is -0.168 e. The van der Waals surface area contributed by atoms with Gasteiger partial charge in [0.2, 0.25) is 0 Å². The molecule has 0 unspecified atom stereocenters. The van der Waals surface area contributed by atoms with E-state index in [0.29, 0.717) is 0 Å². The maximum absolute atomic E-state index is 7.64. The standard InChI is InChI=1S/C16H36Cl2Si2/c1-13(2,3)19(17,14(4,5)6)20(18,15(7,8)9)16(10,11)12/h1-12H3. The minimum atomic E-state index is -2.30. The summed E-state index contributed by atoms with van der Waals surface area (Å²) in [4.78, 5) is 0. The zero-order valence-corrected chi connectivity index (χ0v) is 19.3. The Kier molecular flexibility index (Phi) is 5.55. The molecule has 0 radical (unpaired) electrons. The van der Waals surface area contributed by atoms with E-state index in [-0.39, 0.29) is 20.2 Å². The Morgan fingerprint density at radius 1 is 0.400 bits per heavy atom. The Balaban J connectivity index is 6.71. The van der Waals surface area contributed by atoms with Gasteiger partial charge in [-0.25, -0.2) is 0 Å². The Hall–Kier alpha value is 1.01. The van der Waals surface area contributed by atoms with Crippen LogP contribution in [0.4, 0.5) is 0 Å². The molecule has 0 atom stereocenters. The number of hydrogen-bond donors (Lipinski definition) is 0. The van der Waals surface area contributed by atoms with E-state index >= 15 is 0 Å². The summed E-state index contributed by atoms with van der Waals surface area (Å²) in [5.74, 6) is 0. The topological polar surface area (TPSA) is 0 Å². The molecule has 0 saturated heterocycles. The number of rotatable bonds is 1. The van der Waals surface area contributed by atoms with Crippen LogP contribution in [0.1, 0.15) is 83.1 Å². The molecule has 0 bridgehead atoms. The molecule has 0 fully saturated rings. The van der Waals surface area contributed by atoms with Gasteiger partial charge in [-0.3, -0.25) is 0 Å². The Morgan fingerprint density at radius 3 is 0.550 bits per heavy atom. The second kappa shape index (κ2) is 5.28. The summed E-state index contributed by atoms with van der Waals surface area (Å²) in [6.45, 7) is 23.1. The lowest BCUT2D eigenvalue weighted by Crippen LogP contribution is -2.73. The van der Waals surface area contributed by atoms with Crippen LogP contribution >= 0.6 is 22.2 Å². The molecule has 0 rings (SSSR count). The highest BCUT2D eigenvalue weighted by atomic mass is 35.6. The summed E-state index contributed by atoms with van der Waals surface area (Å²) in [6, 6.07) is 0. The van der Waals surface area contributed by atoms with Crippen molar-refractivity contribution in [2.24, 2.45) is 0 Å². The van der Waals surface area contributed by atoms with Crippen molar-refractivity contribution in [3.8, 4) is 0 Å². The monoisotopic (exact) mass is 354 g/mol. The maximum Gasteiger partial charge on any atom is 0.176 e. The lowest BCUT2D eigenvalue weighted by Gasteiger charge is -2.63. The van der Waals surface area contributed by atoms with Gasteiger partial charge < -0.3 is 0 Å². The van der Waals surface area contributed by atoms with Crippen LogP contribution in [0, 0.1) is 0 Å². The molecule has 0 aromatic carbocycles. The van der Waals surface area contributed by atoms with Crippen LogP contribution in [0.25, 0.3) is 0 Å². The SMILES string of the molecule is CC(C)(C)[Si](Cl)(C(C)(C)C)[Si](Cl)(C(C)(C)C)C(C)(C)C. The summed E-state index contributed by atoms with van der Waals surface area (Å²) in [6.07, 6.45) is 0. The van der Waals surface area contributed by atoms with Gasteiger partial charge in [0.05, 0.1) is 0 Å². The second-order valence-electron chi connectivity index (χ2n) is 10.3. The highest BCUT2D eigenvalue weighted by Gasteiger charge is 2.73. The Bertz CT molecular complexity index is 285. The average Bonchev–Trinajstić information content (AvgIpc) is 2.07. The van der Waals surface area contributed by atoms with Crippen LogP contribution in [-0.4, -0.2) is 13.8 Å². The van der Waals surface area contributed by atoms with Crippen LogP contribution in [0.15, 0.2) is 0 Å². The molecule has 0 aliphatic heterocycles. The van der Waals surface area contributed by atoms with Gasteiger partial charge in [-0.1, -0.05) is 83.1 Å². The molecular formula is C16H36Cl2Si2. The van der Waals surface area contributed by atoms with Gasteiger partial charge in [-0.15, -0.1) is 0 Å². The lowest BCUT2D eigenvalue weighted by molar-refractivity contribution is 0.607. The van der Waals surface area contributed by atoms with Crippen molar-refractivity contribution in [1.29, 1.82) is 0 Å². The van der Waals surface area contributed by atoms with Crippen molar-refractivity contribution in [3.05, 3.63) is 0 Å². The molecule has 0 aromatic rings. The first-order valence-corrected chi connectivity index (χ1v) is 14.7. The summed E-state index contributed by atoms with van der Waals surface area (Å²) in [5, 5.41) is 0.283. The van der Waals surface area contributed by atoms with E-state index in [9.17, 15) is 0 Å². The van der Waals surface area contributed by atoms with E-state index in [1.54, 1.807) is 0 Å². The van der Waals surface area contributed by atoms with Gasteiger partial charge in [0.15, 0.2) is 13.8 Å². The molecule has 0 nitrogen and oxygen atoms in total. The third kappa shape index (κ3) is 2.91. The Labute approximate surface area is 139 Å². The third-order valence-electron chi connectivity index (χ3n) is 4.61. The normalized spacial score (nSPS) is 16.5. The molecule has 0 spiro atoms. The summed E-state index contributed by atoms with van der Waals surface area (Å²) >= 11 is 15.3.